The molecule has 4 N–H and O–H groups in total. The van der Waals surface area contributed by atoms with E-state index >= 15 is 0 Å². The Labute approximate surface area is 127 Å². The summed E-state index contributed by atoms with van der Waals surface area (Å²) in [6.45, 7) is 2.78. The first-order valence-electron chi connectivity index (χ1n) is 6.48. The molecule has 20 heavy (non-hydrogen) atoms. The average Bonchev–Trinajstić information content (AvgIpc) is 2.41. The van der Waals surface area contributed by atoms with Gasteiger partial charge in [-0.1, -0.05) is 12.1 Å². The average molecular weight is 336 g/mol. The molecular formula is C14H18BrN5. The van der Waals surface area contributed by atoms with Gasteiger partial charge in [-0.25, -0.2) is 9.97 Å². The summed E-state index contributed by atoms with van der Waals surface area (Å²) in [5.41, 5.74) is 6.68. The van der Waals surface area contributed by atoms with Crippen molar-refractivity contribution in [2.45, 2.75) is 19.4 Å². The summed E-state index contributed by atoms with van der Waals surface area (Å²) in [5, 5.41) is 6.48. The predicted octanol–water partition coefficient (Wildman–Crippen LogP) is 3.13. The van der Waals surface area contributed by atoms with Gasteiger partial charge in [-0.2, -0.15) is 0 Å². The summed E-state index contributed by atoms with van der Waals surface area (Å²) in [5.74, 6) is 1.53. The van der Waals surface area contributed by atoms with E-state index in [4.69, 9.17) is 5.73 Å². The van der Waals surface area contributed by atoms with Crippen LogP contribution in [0.2, 0.25) is 0 Å². The summed E-state index contributed by atoms with van der Waals surface area (Å²) >= 11 is 3.49. The van der Waals surface area contributed by atoms with Gasteiger partial charge in [0.05, 0.1) is 5.69 Å². The molecule has 0 aliphatic carbocycles. The number of anilines is 3. The fourth-order valence-corrected chi connectivity index (χ4v) is 2.03. The standard InChI is InChI=1S/C14H18BrN5/c1-10(16)6-7-17-13-8-14(19-9-18-13)20-12-5-3-2-4-11(12)15/h2-5,8-10H,6-7,16H2,1H3,(H2,17,18,19,20). The van der Waals surface area contributed by atoms with E-state index in [1.807, 2.05) is 37.3 Å². The molecule has 0 bridgehead atoms. The van der Waals surface area contributed by atoms with Gasteiger partial charge < -0.3 is 16.4 Å². The number of rotatable bonds is 6. The van der Waals surface area contributed by atoms with Crippen LogP contribution in [0.1, 0.15) is 13.3 Å². The lowest BCUT2D eigenvalue weighted by Crippen LogP contribution is -2.19. The second-order valence-electron chi connectivity index (χ2n) is 4.59. The second kappa shape index (κ2) is 7.21. The van der Waals surface area contributed by atoms with Crippen molar-refractivity contribution in [3.05, 3.63) is 41.1 Å². The molecular weight excluding hydrogens is 318 g/mol. The van der Waals surface area contributed by atoms with Crippen LogP contribution >= 0.6 is 15.9 Å². The van der Waals surface area contributed by atoms with E-state index in [9.17, 15) is 0 Å². The van der Waals surface area contributed by atoms with Crippen molar-refractivity contribution in [1.29, 1.82) is 0 Å². The molecule has 1 aromatic heterocycles. The van der Waals surface area contributed by atoms with Crippen LogP contribution in [0.4, 0.5) is 17.3 Å². The number of halogens is 1. The Hall–Kier alpha value is -1.66. The fourth-order valence-electron chi connectivity index (χ4n) is 1.65. The lowest BCUT2D eigenvalue weighted by molar-refractivity contribution is 0.689. The molecule has 6 heteroatoms. The van der Waals surface area contributed by atoms with Crippen LogP contribution in [0.25, 0.3) is 0 Å². The number of nitrogens with two attached hydrogens (primary N) is 1. The van der Waals surface area contributed by atoms with Crippen molar-refractivity contribution >= 4 is 33.3 Å². The largest absolute Gasteiger partial charge is 0.370 e. The SMILES string of the molecule is CC(N)CCNc1cc(Nc2ccccc2Br)ncn1. The maximum Gasteiger partial charge on any atom is 0.135 e. The zero-order valence-electron chi connectivity index (χ0n) is 11.3. The second-order valence-corrected chi connectivity index (χ2v) is 5.44. The van der Waals surface area contributed by atoms with Gasteiger partial charge in [0, 0.05) is 23.1 Å². The van der Waals surface area contributed by atoms with Crippen molar-refractivity contribution in [2.75, 3.05) is 17.2 Å². The molecule has 0 aliphatic rings. The van der Waals surface area contributed by atoms with Crippen LogP contribution in [0.15, 0.2) is 41.1 Å². The molecule has 0 fully saturated rings. The molecule has 106 valence electrons. The third-order valence-corrected chi connectivity index (χ3v) is 3.40. The van der Waals surface area contributed by atoms with Crippen LogP contribution in [-0.2, 0) is 0 Å². The van der Waals surface area contributed by atoms with Gasteiger partial charge in [0.1, 0.15) is 18.0 Å². The van der Waals surface area contributed by atoms with Gasteiger partial charge in [0.15, 0.2) is 0 Å². The number of aromatic nitrogens is 2. The Morgan fingerprint density at radius 3 is 2.75 bits per heavy atom. The number of para-hydroxylation sites is 1. The Morgan fingerprint density at radius 2 is 2.00 bits per heavy atom. The highest BCUT2D eigenvalue weighted by Gasteiger charge is 2.02. The number of hydrogen-bond acceptors (Lipinski definition) is 5. The van der Waals surface area contributed by atoms with E-state index in [0.717, 1.165) is 34.8 Å². The first-order valence-corrected chi connectivity index (χ1v) is 7.27. The monoisotopic (exact) mass is 335 g/mol. The van der Waals surface area contributed by atoms with Crippen molar-refractivity contribution < 1.29 is 0 Å². The highest BCUT2D eigenvalue weighted by molar-refractivity contribution is 9.10. The van der Waals surface area contributed by atoms with E-state index in [1.54, 1.807) is 0 Å². The molecule has 0 radical (unpaired) electrons. The van der Waals surface area contributed by atoms with Crippen LogP contribution in [0.5, 0.6) is 0 Å². The normalized spacial score (nSPS) is 11.9. The van der Waals surface area contributed by atoms with Gasteiger partial charge >= 0.3 is 0 Å². The van der Waals surface area contributed by atoms with Gasteiger partial charge in [0.25, 0.3) is 0 Å². The number of nitrogens with zero attached hydrogens (tertiary/aromatic N) is 2. The summed E-state index contributed by atoms with van der Waals surface area (Å²) in [6.07, 6.45) is 2.43. The van der Waals surface area contributed by atoms with E-state index in [1.165, 1.54) is 6.33 Å². The summed E-state index contributed by atoms with van der Waals surface area (Å²) in [6, 6.07) is 9.95. The highest BCUT2D eigenvalue weighted by atomic mass is 79.9. The molecule has 2 rings (SSSR count). The molecule has 5 nitrogen and oxygen atoms in total. The third-order valence-electron chi connectivity index (χ3n) is 2.71. The lowest BCUT2D eigenvalue weighted by atomic mass is 10.2. The van der Waals surface area contributed by atoms with Crippen LogP contribution in [0, 0.1) is 0 Å². The molecule has 0 spiro atoms. The van der Waals surface area contributed by atoms with Gasteiger partial charge in [-0.3, -0.25) is 0 Å². The molecule has 0 aliphatic heterocycles. The van der Waals surface area contributed by atoms with Crippen molar-refractivity contribution in [2.24, 2.45) is 5.73 Å². The Balaban J connectivity index is 2.01. The zero-order chi connectivity index (χ0) is 14.4. The van der Waals surface area contributed by atoms with Crippen LogP contribution < -0.4 is 16.4 Å². The Kier molecular flexibility index (Phi) is 5.31. The molecule has 1 unspecified atom stereocenters. The number of nitrogens with one attached hydrogen (secondary N) is 2. The highest BCUT2D eigenvalue weighted by Crippen LogP contribution is 2.24. The van der Waals surface area contributed by atoms with E-state index in [2.05, 4.69) is 36.5 Å². The molecule has 0 saturated heterocycles. The van der Waals surface area contributed by atoms with E-state index < -0.39 is 0 Å². The summed E-state index contributed by atoms with van der Waals surface area (Å²) in [4.78, 5) is 8.40. The lowest BCUT2D eigenvalue weighted by Gasteiger charge is -2.10. The molecule has 1 atom stereocenters. The van der Waals surface area contributed by atoms with Crippen molar-refractivity contribution in [3.63, 3.8) is 0 Å². The Bertz CT molecular complexity index is 559. The first kappa shape index (κ1) is 14.7. The van der Waals surface area contributed by atoms with Crippen LogP contribution in [0.3, 0.4) is 0 Å². The zero-order valence-corrected chi connectivity index (χ0v) is 12.9. The van der Waals surface area contributed by atoms with Gasteiger partial charge in [-0.05, 0) is 41.4 Å². The fraction of sp³-hybridized carbons (Fsp3) is 0.286. The number of hydrogen-bond donors (Lipinski definition) is 3. The maximum atomic E-state index is 5.71. The topological polar surface area (TPSA) is 75.9 Å². The maximum absolute atomic E-state index is 5.71. The smallest absolute Gasteiger partial charge is 0.135 e. The molecule has 2 aromatic rings. The summed E-state index contributed by atoms with van der Waals surface area (Å²) < 4.78 is 0.991. The van der Waals surface area contributed by atoms with E-state index in [0.29, 0.717) is 0 Å². The predicted molar refractivity (Wildman–Crippen MR) is 86.2 cm³/mol. The molecule has 0 saturated carbocycles. The van der Waals surface area contributed by atoms with E-state index in [-0.39, 0.29) is 6.04 Å². The quantitative estimate of drug-likeness (QED) is 0.756. The minimum atomic E-state index is 0.183. The van der Waals surface area contributed by atoms with Crippen LogP contribution in [-0.4, -0.2) is 22.6 Å². The molecule has 1 heterocycles. The third kappa shape index (κ3) is 4.47. The van der Waals surface area contributed by atoms with Gasteiger partial charge in [-0.15, -0.1) is 0 Å². The van der Waals surface area contributed by atoms with Gasteiger partial charge in [0.2, 0.25) is 0 Å². The Morgan fingerprint density at radius 1 is 1.25 bits per heavy atom. The van der Waals surface area contributed by atoms with Crippen molar-refractivity contribution in [1.82, 2.24) is 9.97 Å². The van der Waals surface area contributed by atoms with Crippen molar-refractivity contribution in [3.8, 4) is 0 Å². The first-order chi connectivity index (χ1) is 9.65. The molecule has 1 aromatic carbocycles. The summed E-state index contributed by atoms with van der Waals surface area (Å²) in [7, 11) is 0. The minimum Gasteiger partial charge on any atom is -0.370 e. The molecule has 0 amide bonds. The minimum absolute atomic E-state index is 0.183. The number of benzene rings is 1.